The number of methoxy groups -OCH3 is 2. The molecule has 2 aromatic carbocycles. The van der Waals surface area contributed by atoms with Crippen LogP contribution in [0.15, 0.2) is 48.0 Å². The van der Waals surface area contributed by atoms with Crippen LogP contribution < -0.4 is 14.8 Å². The minimum absolute atomic E-state index is 0.0322. The number of anilines is 1. The third-order valence-corrected chi connectivity index (χ3v) is 3.47. The van der Waals surface area contributed by atoms with E-state index in [9.17, 15) is 10.1 Å². The summed E-state index contributed by atoms with van der Waals surface area (Å²) < 4.78 is 10.2. The monoisotopic (exact) mass is 342 g/mol. The van der Waals surface area contributed by atoms with Crippen molar-refractivity contribution in [3.8, 4) is 17.6 Å². The van der Waals surface area contributed by atoms with E-state index < -0.39 is 5.91 Å². The Morgan fingerprint density at radius 1 is 1.21 bits per heavy atom. The fourth-order valence-electron chi connectivity index (χ4n) is 1.99. The summed E-state index contributed by atoms with van der Waals surface area (Å²) in [5, 5.41) is 12.2. The molecule has 0 heterocycles. The molecule has 1 N–H and O–H groups in total. The second-order valence-electron chi connectivity index (χ2n) is 4.75. The van der Waals surface area contributed by atoms with E-state index in [1.165, 1.54) is 13.2 Å². The number of nitriles is 1. The van der Waals surface area contributed by atoms with Crippen LogP contribution in [0.2, 0.25) is 5.02 Å². The molecular formula is C18H15ClN2O3. The first-order chi connectivity index (χ1) is 11.6. The van der Waals surface area contributed by atoms with Crippen LogP contribution >= 0.6 is 11.6 Å². The van der Waals surface area contributed by atoms with Crippen molar-refractivity contribution in [3.63, 3.8) is 0 Å². The molecule has 0 bridgehead atoms. The molecule has 0 aliphatic rings. The highest BCUT2D eigenvalue weighted by Gasteiger charge is 2.11. The van der Waals surface area contributed by atoms with Crippen LogP contribution in [0.4, 0.5) is 5.69 Å². The summed E-state index contributed by atoms with van der Waals surface area (Å²) >= 11 is 6.02. The summed E-state index contributed by atoms with van der Waals surface area (Å²) in [6.45, 7) is 0. The molecule has 0 atom stereocenters. The van der Waals surface area contributed by atoms with E-state index in [-0.39, 0.29) is 5.57 Å². The van der Waals surface area contributed by atoms with E-state index in [1.807, 2.05) is 6.07 Å². The average Bonchev–Trinajstić information content (AvgIpc) is 2.60. The molecule has 1 amide bonds. The Morgan fingerprint density at radius 3 is 2.62 bits per heavy atom. The van der Waals surface area contributed by atoms with E-state index >= 15 is 0 Å². The maximum absolute atomic E-state index is 12.3. The number of halogens is 1. The third kappa shape index (κ3) is 4.28. The van der Waals surface area contributed by atoms with Gasteiger partial charge in [0.15, 0.2) is 0 Å². The lowest BCUT2D eigenvalue weighted by molar-refractivity contribution is -0.112. The van der Waals surface area contributed by atoms with Gasteiger partial charge in [-0.15, -0.1) is 0 Å². The summed E-state index contributed by atoms with van der Waals surface area (Å²) in [4.78, 5) is 12.3. The van der Waals surface area contributed by atoms with Gasteiger partial charge in [-0.3, -0.25) is 4.79 Å². The van der Waals surface area contributed by atoms with Gasteiger partial charge in [-0.05, 0) is 42.0 Å². The molecule has 0 unspecified atom stereocenters. The maximum Gasteiger partial charge on any atom is 0.266 e. The van der Waals surface area contributed by atoms with Gasteiger partial charge in [0.25, 0.3) is 5.91 Å². The molecule has 0 spiro atoms. The molecule has 0 saturated carbocycles. The van der Waals surface area contributed by atoms with Gasteiger partial charge in [0.2, 0.25) is 0 Å². The number of ether oxygens (including phenoxy) is 2. The lowest BCUT2D eigenvalue weighted by atomic mass is 10.1. The van der Waals surface area contributed by atoms with E-state index in [0.717, 1.165) is 0 Å². The molecule has 5 nitrogen and oxygen atoms in total. The smallest absolute Gasteiger partial charge is 0.266 e. The molecule has 0 aliphatic heterocycles. The van der Waals surface area contributed by atoms with Crippen LogP contribution in [-0.2, 0) is 4.79 Å². The highest BCUT2D eigenvalue weighted by atomic mass is 35.5. The largest absolute Gasteiger partial charge is 0.497 e. The van der Waals surface area contributed by atoms with Crippen LogP contribution in [0.25, 0.3) is 6.08 Å². The zero-order valence-electron chi connectivity index (χ0n) is 13.2. The first-order valence-electron chi connectivity index (χ1n) is 6.98. The lowest BCUT2D eigenvalue weighted by Gasteiger charge is -2.07. The Morgan fingerprint density at radius 2 is 2.00 bits per heavy atom. The third-order valence-electron chi connectivity index (χ3n) is 3.18. The zero-order valence-corrected chi connectivity index (χ0v) is 13.9. The van der Waals surface area contributed by atoms with Crippen molar-refractivity contribution in [1.82, 2.24) is 0 Å². The van der Waals surface area contributed by atoms with Gasteiger partial charge in [0.05, 0.1) is 19.2 Å². The fourth-order valence-corrected chi connectivity index (χ4v) is 2.25. The molecule has 6 heteroatoms. The molecule has 24 heavy (non-hydrogen) atoms. The quantitative estimate of drug-likeness (QED) is 0.660. The van der Waals surface area contributed by atoms with Crippen LogP contribution in [0.5, 0.6) is 11.5 Å². The minimum Gasteiger partial charge on any atom is -0.497 e. The SMILES string of the molecule is COc1cccc(/C=C(\C#N)C(=O)Nc2ccc(OC)c(Cl)c2)c1. The van der Waals surface area contributed by atoms with Gasteiger partial charge in [-0.2, -0.15) is 5.26 Å². The number of amides is 1. The van der Waals surface area contributed by atoms with Crippen molar-refractivity contribution in [2.45, 2.75) is 0 Å². The molecule has 122 valence electrons. The summed E-state index contributed by atoms with van der Waals surface area (Å²) in [7, 11) is 3.05. The number of hydrogen-bond donors (Lipinski definition) is 1. The van der Waals surface area contributed by atoms with E-state index in [4.69, 9.17) is 21.1 Å². The van der Waals surface area contributed by atoms with Crippen molar-refractivity contribution in [2.75, 3.05) is 19.5 Å². The Balaban J connectivity index is 2.21. The van der Waals surface area contributed by atoms with Gasteiger partial charge >= 0.3 is 0 Å². The Hall–Kier alpha value is -2.97. The number of carbonyl (C=O) groups is 1. The van der Waals surface area contributed by atoms with Gasteiger partial charge in [-0.1, -0.05) is 23.7 Å². The first-order valence-corrected chi connectivity index (χ1v) is 7.36. The Bertz CT molecular complexity index is 825. The number of carbonyl (C=O) groups excluding carboxylic acids is 1. The molecule has 0 aromatic heterocycles. The van der Waals surface area contributed by atoms with Crippen molar-refractivity contribution in [3.05, 3.63) is 58.6 Å². The number of nitrogens with zero attached hydrogens (tertiary/aromatic N) is 1. The van der Waals surface area contributed by atoms with Gasteiger partial charge in [0.1, 0.15) is 23.1 Å². The maximum atomic E-state index is 12.3. The zero-order chi connectivity index (χ0) is 17.5. The lowest BCUT2D eigenvalue weighted by Crippen LogP contribution is -2.13. The van der Waals surface area contributed by atoms with Crippen molar-refractivity contribution in [2.24, 2.45) is 0 Å². The molecule has 0 radical (unpaired) electrons. The highest BCUT2D eigenvalue weighted by Crippen LogP contribution is 2.27. The minimum atomic E-state index is -0.526. The van der Waals surface area contributed by atoms with Crippen molar-refractivity contribution >= 4 is 29.3 Å². The summed E-state index contributed by atoms with van der Waals surface area (Å²) in [6.07, 6.45) is 1.49. The summed E-state index contributed by atoms with van der Waals surface area (Å²) in [5.41, 5.74) is 1.13. The van der Waals surface area contributed by atoms with Crippen molar-refractivity contribution in [1.29, 1.82) is 5.26 Å². The topological polar surface area (TPSA) is 71.3 Å². The summed E-state index contributed by atoms with van der Waals surface area (Å²) in [5.74, 6) is 0.618. The summed E-state index contributed by atoms with van der Waals surface area (Å²) in [6, 6.07) is 13.8. The predicted molar refractivity (Wildman–Crippen MR) is 93.2 cm³/mol. The average molecular weight is 343 g/mol. The van der Waals surface area contributed by atoms with Gasteiger partial charge in [-0.25, -0.2) is 0 Å². The molecule has 0 saturated heterocycles. The van der Waals surface area contributed by atoms with Crippen LogP contribution in [0.1, 0.15) is 5.56 Å². The molecule has 0 aliphatic carbocycles. The number of hydrogen-bond acceptors (Lipinski definition) is 4. The molecule has 0 fully saturated rings. The fraction of sp³-hybridized carbons (Fsp3) is 0.111. The number of nitrogens with one attached hydrogen (secondary N) is 1. The van der Waals surface area contributed by atoms with E-state index in [1.54, 1.807) is 49.6 Å². The number of rotatable bonds is 5. The highest BCUT2D eigenvalue weighted by molar-refractivity contribution is 6.32. The van der Waals surface area contributed by atoms with Crippen LogP contribution in [-0.4, -0.2) is 20.1 Å². The molecular weight excluding hydrogens is 328 g/mol. The number of benzene rings is 2. The molecule has 2 rings (SSSR count). The Labute approximate surface area is 145 Å². The standard InChI is InChI=1S/C18H15ClN2O3/c1-23-15-5-3-4-12(9-15)8-13(11-20)18(22)21-14-6-7-17(24-2)16(19)10-14/h3-10H,1-2H3,(H,21,22)/b13-8+. The second kappa shape index (κ2) is 8.04. The van der Waals surface area contributed by atoms with E-state index in [2.05, 4.69) is 5.32 Å². The van der Waals surface area contributed by atoms with Gasteiger partial charge < -0.3 is 14.8 Å². The van der Waals surface area contributed by atoms with Crippen LogP contribution in [0.3, 0.4) is 0 Å². The van der Waals surface area contributed by atoms with Crippen molar-refractivity contribution < 1.29 is 14.3 Å². The second-order valence-corrected chi connectivity index (χ2v) is 5.16. The predicted octanol–water partition coefficient (Wildman–Crippen LogP) is 3.90. The van der Waals surface area contributed by atoms with Gasteiger partial charge in [0, 0.05) is 5.69 Å². The normalized spacial score (nSPS) is 10.7. The Kier molecular flexibility index (Phi) is 5.83. The van der Waals surface area contributed by atoms with E-state index in [0.29, 0.717) is 27.8 Å². The first kappa shape index (κ1) is 17.4. The van der Waals surface area contributed by atoms with Crippen LogP contribution in [0, 0.1) is 11.3 Å². The molecule has 2 aromatic rings.